The third-order valence-corrected chi connectivity index (χ3v) is 5.28. The first-order valence-electron chi connectivity index (χ1n) is 7.52. The molecule has 0 saturated carbocycles. The standard InChI is InChI=1S/C16H16N4O2S.2ClH/c21-12(10-2-1-4-17-6-10)8-20-9-19-15-14(16(20)22)11-3-5-18-7-13(11)23-15;;/h1-2,4,6,9,12,18,21H,3,5,7-8H2;2*1H. The molecule has 2 N–H and O–H groups in total. The molecule has 0 bridgehead atoms. The number of nitrogens with zero attached hydrogens (tertiary/aromatic N) is 3. The molecule has 3 aromatic heterocycles. The maximum Gasteiger partial charge on any atom is 0.262 e. The molecule has 0 spiro atoms. The Balaban J connectivity index is 0.00000113. The smallest absolute Gasteiger partial charge is 0.262 e. The van der Waals surface area contributed by atoms with E-state index in [0.29, 0.717) is 10.9 Å². The van der Waals surface area contributed by atoms with Gasteiger partial charge < -0.3 is 10.4 Å². The molecule has 0 radical (unpaired) electrons. The van der Waals surface area contributed by atoms with Gasteiger partial charge in [0.15, 0.2) is 0 Å². The first kappa shape index (κ1) is 19.8. The lowest BCUT2D eigenvalue weighted by molar-refractivity contribution is 0.154. The second kappa shape index (κ2) is 8.25. The van der Waals surface area contributed by atoms with E-state index in [1.807, 2.05) is 0 Å². The van der Waals surface area contributed by atoms with Crippen molar-refractivity contribution in [3.63, 3.8) is 0 Å². The van der Waals surface area contributed by atoms with Crippen LogP contribution in [-0.2, 0) is 19.5 Å². The molecule has 1 unspecified atom stereocenters. The van der Waals surface area contributed by atoms with E-state index in [0.717, 1.165) is 29.9 Å². The van der Waals surface area contributed by atoms with Crippen molar-refractivity contribution in [2.24, 2.45) is 0 Å². The molecule has 1 aliphatic heterocycles. The van der Waals surface area contributed by atoms with Crippen molar-refractivity contribution in [1.29, 1.82) is 0 Å². The number of thiophene rings is 1. The van der Waals surface area contributed by atoms with Crippen molar-refractivity contribution in [2.75, 3.05) is 6.54 Å². The van der Waals surface area contributed by atoms with Crippen molar-refractivity contribution in [1.82, 2.24) is 19.9 Å². The lowest BCUT2D eigenvalue weighted by Crippen LogP contribution is -2.26. The SMILES string of the molecule is Cl.Cl.O=c1c2c3c(sc2ncn1CC(O)c1cccnc1)CNCC3. The van der Waals surface area contributed by atoms with Crippen molar-refractivity contribution in [3.05, 3.63) is 57.2 Å². The van der Waals surface area contributed by atoms with Gasteiger partial charge >= 0.3 is 0 Å². The van der Waals surface area contributed by atoms with Crippen LogP contribution >= 0.6 is 36.2 Å². The minimum Gasteiger partial charge on any atom is -0.386 e. The highest BCUT2D eigenvalue weighted by Crippen LogP contribution is 2.29. The highest BCUT2D eigenvalue weighted by Gasteiger charge is 2.20. The van der Waals surface area contributed by atoms with Crippen LogP contribution in [0.3, 0.4) is 0 Å². The number of fused-ring (bicyclic) bond motifs is 3. The topological polar surface area (TPSA) is 80.0 Å². The van der Waals surface area contributed by atoms with Gasteiger partial charge in [0.25, 0.3) is 5.56 Å². The largest absolute Gasteiger partial charge is 0.386 e. The molecule has 1 aliphatic rings. The number of hydrogen-bond acceptors (Lipinski definition) is 6. The van der Waals surface area contributed by atoms with E-state index < -0.39 is 6.10 Å². The summed E-state index contributed by atoms with van der Waals surface area (Å²) in [7, 11) is 0. The molecule has 0 saturated heterocycles. The Labute approximate surface area is 160 Å². The zero-order valence-electron chi connectivity index (χ0n) is 13.2. The Bertz CT molecular complexity index is 914. The Morgan fingerprint density at radius 3 is 3.00 bits per heavy atom. The van der Waals surface area contributed by atoms with Crippen LogP contribution in [0.5, 0.6) is 0 Å². The van der Waals surface area contributed by atoms with Crippen LogP contribution in [0.25, 0.3) is 10.2 Å². The number of aliphatic hydroxyl groups excluding tert-OH is 1. The Morgan fingerprint density at radius 2 is 2.24 bits per heavy atom. The van der Waals surface area contributed by atoms with E-state index in [4.69, 9.17) is 0 Å². The molecule has 0 aromatic carbocycles. The van der Waals surface area contributed by atoms with Crippen LogP contribution in [0.4, 0.5) is 0 Å². The maximum absolute atomic E-state index is 12.8. The van der Waals surface area contributed by atoms with Crippen LogP contribution in [0.15, 0.2) is 35.6 Å². The minimum atomic E-state index is -0.781. The molecule has 3 aromatic rings. The van der Waals surface area contributed by atoms with Gasteiger partial charge in [0.05, 0.1) is 24.4 Å². The van der Waals surface area contributed by atoms with Crippen LogP contribution in [0, 0.1) is 0 Å². The minimum absolute atomic E-state index is 0. The number of pyridine rings is 1. The third-order valence-electron chi connectivity index (χ3n) is 4.14. The summed E-state index contributed by atoms with van der Waals surface area (Å²) in [6, 6.07) is 3.57. The summed E-state index contributed by atoms with van der Waals surface area (Å²) in [5.74, 6) is 0. The Kier molecular flexibility index (Phi) is 6.53. The number of aromatic nitrogens is 3. The number of halogens is 2. The monoisotopic (exact) mass is 400 g/mol. The van der Waals surface area contributed by atoms with Gasteiger partial charge in [-0.2, -0.15) is 0 Å². The van der Waals surface area contributed by atoms with Crippen LogP contribution in [-0.4, -0.2) is 26.2 Å². The zero-order valence-corrected chi connectivity index (χ0v) is 15.7. The van der Waals surface area contributed by atoms with E-state index >= 15 is 0 Å². The molecule has 0 aliphatic carbocycles. The van der Waals surface area contributed by atoms with Crippen LogP contribution in [0.2, 0.25) is 0 Å². The van der Waals surface area contributed by atoms with Gasteiger partial charge in [0, 0.05) is 29.4 Å². The summed E-state index contributed by atoms with van der Waals surface area (Å²) in [4.78, 5) is 23.2. The van der Waals surface area contributed by atoms with Gasteiger partial charge in [-0.3, -0.25) is 14.3 Å². The predicted octanol–water partition coefficient (Wildman–Crippen LogP) is 2.08. The third kappa shape index (κ3) is 3.70. The average molecular weight is 401 g/mol. The highest BCUT2D eigenvalue weighted by molar-refractivity contribution is 7.18. The molecule has 134 valence electrons. The molecule has 0 fully saturated rings. The fourth-order valence-corrected chi connectivity index (χ4v) is 4.09. The molecule has 25 heavy (non-hydrogen) atoms. The van der Waals surface area contributed by atoms with Crippen molar-refractivity contribution in [3.8, 4) is 0 Å². The fourth-order valence-electron chi connectivity index (χ4n) is 2.94. The van der Waals surface area contributed by atoms with E-state index in [9.17, 15) is 9.90 Å². The number of hydrogen-bond donors (Lipinski definition) is 2. The average Bonchev–Trinajstić information content (AvgIpc) is 2.97. The molecular formula is C16H18Cl2N4O2S. The predicted molar refractivity (Wildman–Crippen MR) is 103 cm³/mol. The molecule has 4 heterocycles. The van der Waals surface area contributed by atoms with Crippen molar-refractivity contribution < 1.29 is 5.11 Å². The van der Waals surface area contributed by atoms with Gasteiger partial charge in [0.1, 0.15) is 4.83 Å². The summed E-state index contributed by atoms with van der Waals surface area (Å²) in [5.41, 5.74) is 1.74. The van der Waals surface area contributed by atoms with Gasteiger partial charge in [-0.05, 0) is 24.6 Å². The van der Waals surface area contributed by atoms with E-state index in [1.165, 1.54) is 15.8 Å². The Morgan fingerprint density at radius 1 is 1.40 bits per heavy atom. The van der Waals surface area contributed by atoms with Crippen molar-refractivity contribution >= 4 is 46.4 Å². The summed E-state index contributed by atoms with van der Waals surface area (Å²) < 4.78 is 1.50. The second-order valence-corrected chi connectivity index (χ2v) is 6.70. The zero-order chi connectivity index (χ0) is 15.8. The Hall–Kier alpha value is -1.51. The van der Waals surface area contributed by atoms with E-state index in [2.05, 4.69) is 15.3 Å². The van der Waals surface area contributed by atoms with Gasteiger partial charge in [-0.15, -0.1) is 36.2 Å². The van der Waals surface area contributed by atoms with Gasteiger partial charge in [-0.1, -0.05) is 6.07 Å². The molecule has 6 nitrogen and oxygen atoms in total. The highest BCUT2D eigenvalue weighted by atomic mass is 35.5. The normalized spacial score (nSPS) is 14.3. The van der Waals surface area contributed by atoms with E-state index in [1.54, 1.807) is 35.9 Å². The maximum atomic E-state index is 12.8. The summed E-state index contributed by atoms with van der Waals surface area (Å²) in [6.07, 6.45) is 4.86. The first-order chi connectivity index (χ1) is 11.2. The summed E-state index contributed by atoms with van der Waals surface area (Å²) in [6.45, 7) is 1.86. The molecule has 9 heteroatoms. The van der Waals surface area contributed by atoms with Gasteiger partial charge in [0.2, 0.25) is 0 Å². The number of aliphatic hydroxyl groups is 1. The quantitative estimate of drug-likeness (QED) is 0.703. The van der Waals surface area contributed by atoms with Crippen LogP contribution < -0.4 is 10.9 Å². The number of nitrogens with one attached hydrogen (secondary N) is 1. The lowest BCUT2D eigenvalue weighted by atomic mass is 10.1. The lowest BCUT2D eigenvalue weighted by Gasteiger charge is -2.14. The molecule has 1 atom stereocenters. The van der Waals surface area contributed by atoms with Crippen molar-refractivity contribution in [2.45, 2.75) is 25.6 Å². The summed E-state index contributed by atoms with van der Waals surface area (Å²) in [5, 5.41) is 14.4. The molecular weight excluding hydrogens is 383 g/mol. The summed E-state index contributed by atoms with van der Waals surface area (Å²) >= 11 is 1.58. The second-order valence-electron chi connectivity index (χ2n) is 5.61. The number of rotatable bonds is 3. The van der Waals surface area contributed by atoms with Gasteiger partial charge in [-0.25, -0.2) is 4.98 Å². The van der Waals surface area contributed by atoms with Crippen LogP contribution in [0.1, 0.15) is 22.1 Å². The molecule has 0 amide bonds. The first-order valence-corrected chi connectivity index (χ1v) is 8.34. The molecule has 4 rings (SSSR count). The fraction of sp³-hybridized carbons (Fsp3) is 0.312. The van der Waals surface area contributed by atoms with E-state index in [-0.39, 0.29) is 36.9 Å².